The predicted octanol–water partition coefficient (Wildman–Crippen LogP) is 2.12. The number of carbonyl (C=O) groups is 1. The van der Waals surface area contributed by atoms with Crippen LogP contribution in [0.15, 0.2) is 24.3 Å². The van der Waals surface area contributed by atoms with Crippen molar-refractivity contribution < 1.29 is 4.79 Å². The lowest BCUT2D eigenvalue weighted by atomic mass is 10.2. The van der Waals surface area contributed by atoms with Gasteiger partial charge in [0.15, 0.2) is 0 Å². The Morgan fingerprint density at radius 2 is 2.20 bits per heavy atom. The summed E-state index contributed by atoms with van der Waals surface area (Å²) in [5.74, 6) is -0.139. The van der Waals surface area contributed by atoms with E-state index in [1.807, 2.05) is 24.8 Å². The minimum Gasteiger partial charge on any atom is -0.325 e. The molecule has 5 nitrogen and oxygen atoms in total. The second-order valence-electron chi connectivity index (χ2n) is 4.39. The van der Waals surface area contributed by atoms with Crippen molar-refractivity contribution >= 4 is 11.6 Å². The highest BCUT2D eigenvalue weighted by Crippen LogP contribution is 2.11. The van der Waals surface area contributed by atoms with E-state index in [4.69, 9.17) is 10.5 Å². The topological polar surface area (TPSA) is 79.9 Å². The van der Waals surface area contributed by atoms with Gasteiger partial charge in [0.25, 0.3) is 0 Å². The summed E-state index contributed by atoms with van der Waals surface area (Å²) >= 11 is 0. The standard InChI is InChI=1S/C15H18N4O/c1-3-19(9-5-8-16)12(2)15(20)18-14-7-4-6-13(10-14)11-17/h4,6-7,10,12H,3,5,9H2,1-2H3,(H,18,20). The first kappa shape index (κ1) is 15.7. The Morgan fingerprint density at radius 3 is 2.80 bits per heavy atom. The number of nitrogens with zero attached hydrogens (tertiary/aromatic N) is 3. The largest absolute Gasteiger partial charge is 0.325 e. The first-order valence-corrected chi connectivity index (χ1v) is 6.54. The van der Waals surface area contributed by atoms with Crippen LogP contribution in [0.3, 0.4) is 0 Å². The van der Waals surface area contributed by atoms with E-state index in [0.717, 1.165) is 0 Å². The Kier molecular flexibility index (Phi) is 6.22. The van der Waals surface area contributed by atoms with Gasteiger partial charge in [-0.2, -0.15) is 10.5 Å². The maximum Gasteiger partial charge on any atom is 0.241 e. The van der Waals surface area contributed by atoms with Crippen LogP contribution in [-0.4, -0.2) is 29.9 Å². The molecule has 1 unspecified atom stereocenters. The highest BCUT2D eigenvalue weighted by molar-refractivity contribution is 5.94. The molecule has 20 heavy (non-hydrogen) atoms. The van der Waals surface area contributed by atoms with Crippen LogP contribution in [0.1, 0.15) is 25.8 Å². The third-order valence-corrected chi connectivity index (χ3v) is 3.10. The first-order valence-electron chi connectivity index (χ1n) is 6.54. The molecule has 0 bridgehead atoms. The summed E-state index contributed by atoms with van der Waals surface area (Å²) in [4.78, 5) is 14.1. The van der Waals surface area contributed by atoms with Gasteiger partial charge in [-0.15, -0.1) is 0 Å². The van der Waals surface area contributed by atoms with Crippen LogP contribution in [0, 0.1) is 22.7 Å². The van der Waals surface area contributed by atoms with E-state index in [2.05, 4.69) is 11.4 Å². The molecule has 1 atom stereocenters. The normalized spacial score (nSPS) is 11.4. The zero-order valence-corrected chi connectivity index (χ0v) is 11.8. The van der Waals surface area contributed by atoms with E-state index in [1.54, 1.807) is 24.3 Å². The molecule has 5 heteroatoms. The number of anilines is 1. The van der Waals surface area contributed by atoms with Gasteiger partial charge in [-0.05, 0) is 31.7 Å². The van der Waals surface area contributed by atoms with Crippen LogP contribution in [0.4, 0.5) is 5.69 Å². The molecule has 1 aromatic rings. The number of amides is 1. The predicted molar refractivity (Wildman–Crippen MR) is 76.7 cm³/mol. The van der Waals surface area contributed by atoms with Crippen LogP contribution in [0.5, 0.6) is 0 Å². The Hall–Kier alpha value is -2.37. The quantitative estimate of drug-likeness (QED) is 0.858. The second-order valence-corrected chi connectivity index (χ2v) is 4.39. The lowest BCUT2D eigenvalue weighted by molar-refractivity contribution is -0.120. The zero-order valence-electron chi connectivity index (χ0n) is 11.8. The maximum absolute atomic E-state index is 12.2. The molecule has 1 rings (SSSR count). The zero-order chi connectivity index (χ0) is 15.0. The summed E-state index contributed by atoms with van der Waals surface area (Å²) in [6.07, 6.45) is 0.398. The fourth-order valence-corrected chi connectivity index (χ4v) is 1.90. The Bertz CT molecular complexity index is 542. The second kappa shape index (κ2) is 7.93. The molecule has 1 aromatic carbocycles. The average Bonchev–Trinajstić information content (AvgIpc) is 2.47. The minimum absolute atomic E-state index is 0.139. The Morgan fingerprint density at radius 1 is 1.45 bits per heavy atom. The number of carbonyl (C=O) groups excluding carboxylic acids is 1. The third-order valence-electron chi connectivity index (χ3n) is 3.10. The summed E-state index contributed by atoms with van der Waals surface area (Å²) in [5, 5.41) is 20.2. The Balaban J connectivity index is 2.69. The van der Waals surface area contributed by atoms with Gasteiger partial charge >= 0.3 is 0 Å². The number of benzene rings is 1. The molecule has 0 aromatic heterocycles. The van der Waals surface area contributed by atoms with Crippen molar-refractivity contribution in [1.82, 2.24) is 4.90 Å². The van der Waals surface area contributed by atoms with Crippen molar-refractivity contribution in [3.8, 4) is 12.1 Å². The fourth-order valence-electron chi connectivity index (χ4n) is 1.90. The van der Waals surface area contributed by atoms with Crippen LogP contribution < -0.4 is 5.32 Å². The van der Waals surface area contributed by atoms with Crippen molar-refractivity contribution in [1.29, 1.82) is 10.5 Å². The highest BCUT2D eigenvalue weighted by Gasteiger charge is 2.19. The van der Waals surface area contributed by atoms with E-state index < -0.39 is 0 Å². The summed E-state index contributed by atoms with van der Waals surface area (Å²) in [5.41, 5.74) is 1.12. The number of nitrogens with one attached hydrogen (secondary N) is 1. The van der Waals surface area contributed by atoms with Crippen molar-refractivity contribution in [3.05, 3.63) is 29.8 Å². The number of rotatable bonds is 6. The number of likely N-dealkylation sites (N-methyl/N-ethyl adjacent to an activating group) is 1. The number of hydrogen-bond donors (Lipinski definition) is 1. The van der Waals surface area contributed by atoms with Crippen LogP contribution in [0.2, 0.25) is 0 Å². The molecule has 0 aliphatic rings. The lowest BCUT2D eigenvalue weighted by Gasteiger charge is -2.25. The van der Waals surface area contributed by atoms with E-state index in [9.17, 15) is 4.79 Å². The molecule has 0 saturated carbocycles. The molecular weight excluding hydrogens is 252 g/mol. The summed E-state index contributed by atoms with van der Waals surface area (Å²) in [6, 6.07) is 10.6. The average molecular weight is 270 g/mol. The van der Waals surface area contributed by atoms with E-state index >= 15 is 0 Å². The van der Waals surface area contributed by atoms with E-state index in [0.29, 0.717) is 30.8 Å². The van der Waals surface area contributed by atoms with Gasteiger partial charge in [-0.3, -0.25) is 9.69 Å². The van der Waals surface area contributed by atoms with Gasteiger partial charge < -0.3 is 5.32 Å². The molecule has 104 valence electrons. The van der Waals surface area contributed by atoms with Gasteiger partial charge in [-0.1, -0.05) is 13.0 Å². The van der Waals surface area contributed by atoms with Gasteiger partial charge in [0, 0.05) is 18.7 Å². The fraction of sp³-hybridized carbons (Fsp3) is 0.400. The molecule has 0 saturated heterocycles. The smallest absolute Gasteiger partial charge is 0.241 e. The minimum atomic E-state index is -0.320. The van der Waals surface area contributed by atoms with Crippen LogP contribution in [-0.2, 0) is 4.79 Å². The molecular formula is C15H18N4O. The van der Waals surface area contributed by atoms with Gasteiger partial charge in [0.2, 0.25) is 5.91 Å². The highest BCUT2D eigenvalue weighted by atomic mass is 16.2. The van der Waals surface area contributed by atoms with Gasteiger partial charge in [0.1, 0.15) is 0 Å². The first-order chi connectivity index (χ1) is 9.62. The molecule has 0 heterocycles. The van der Waals surface area contributed by atoms with Crippen LogP contribution >= 0.6 is 0 Å². The van der Waals surface area contributed by atoms with Crippen molar-refractivity contribution in [2.75, 3.05) is 18.4 Å². The Labute approximate surface area is 119 Å². The molecule has 0 radical (unpaired) electrons. The molecule has 1 amide bonds. The van der Waals surface area contributed by atoms with Crippen LogP contribution in [0.25, 0.3) is 0 Å². The lowest BCUT2D eigenvalue weighted by Crippen LogP contribution is -2.42. The SMILES string of the molecule is CCN(CCC#N)C(C)C(=O)Nc1cccc(C#N)c1. The third kappa shape index (κ3) is 4.38. The van der Waals surface area contributed by atoms with E-state index in [-0.39, 0.29) is 11.9 Å². The van der Waals surface area contributed by atoms with Gasteiger partial charge in [0.05, 0.1) is 23.7 Å². The monoisotopic (exact) mass is 270 g/mol. The molecule has 1 N–H and O–H groups in total. The number of nitriles is 2. The maximum atomic E-state index is 12.2. The molecule has 0 aliphatic carbocycles. The van der Waals surface area contributed by atoms with Crippen molar-refractivity contribution in [2.45, 2.75) is 26.3 Å². The summed E-state index contributed by atoms with van der Waals surface area (Å²) in [7, 11) is 0. The number of hydrogen-bond acceptors (Lipinski definition) is 4. The van der Waals surface area contributed by atoms with Crippen molar-refractivity contribution in [3.63, 3.8) is 0 Å². The summed E-state index contributed by atoms with van der Waals surface area (Å²) < 4.78 is 0. The summed E-state index contributed by atoms with van der Waals surface area (Å²) in [6.45, 7) is 5.04. The van der Waals surface area contributed by atoms with Crippen molar-refractivity contribution in [2.24, 2.45) is 0 Å². The molecule has 0 fully saturated rings. The molecule has 0 aliphatic heterocycles. The molecule has 0 spiro atoms. The van der Waals surface area contributed by atoms with Gasteiger partial charge in [-0.25, -0.2) is 0 Å². The van der Waals surface area contributed by atoms with E-state index in [1.165, 1.54) is 0 Å².